The van der Waals surface area contributed by atoms with E-state index in [9.17, 15) is 13.9 Å². The molecule has 0 aliphatic heterocycles. The zero-order chi connectivity index (χ0) is 14.0. The zero-order valence-corrected chi connectivity index (χ0v) is 10.8. The van der Waals surface area contributed by atoms with Crippen LogP contribution in [-0.2, 0) is 0 Å². The van der Waals surface area contributed by atoms with Gasteiger partial charge in [0.25, 0.3) is 0 Å². The molecule has 2 aromatic carbocycles. The van der Waals surface area contributed by atoms with Crippen molar-refractivity contribution < 1.29 is 13.9 Å². The summed E-state index contributed by atoms with van der Waals surface area (Å²) in [6.07, 6.45) is -0.977. The van der Waals surface area contributed by atoms with Gasteiger partial charge in [-0.3, -0.25) is 0 Å². The lowest BCUT2D eigenvalue weighted by Crippen LogP contribution is -2.09. The summed E-state index contributed by atoms with van der Waals surface area (Å²) >= 11 is 0. The molecule has 2 aromatic rings. The highest BCUT2D eigenvalue weighted by molar-refractivity contribution is 5.48. The predicted octanol–water partition coefficient (Wildman–Crippen LogP) is 3.11. The highest BCUT2D eigenvalue weighted by Gasteiger charge is 2.13. The second-order valence-electron chi connectivity index (χ2n) is 4.57. The van der Waals surface area contributed by atoms with Gasteiger partial charge < -0.3 is 10.0 Å². The fraction of sp³-hybridized carbons (Fsp3) is 0.200. The Morgan fingerprint density at radius 3 is 2.26 bits per heavy atom. The SMILES string of the molecule is CN(C)c1cccc(C(O)c2ccc(F)c(F)c2)c1. The third-order valence-electron chi connectivity index (χ3n) is 2.96. The lowest BCUT2D eigenvalue weighted by Gasteiger charge is -2.16. The molecule has 19 heavy (non-hydrogen) atoms. The molecular formula is C15H15F2NO. The summed E-state index contributed by atoms with van der Waals surface area (Å²) < 4.78 is 26.0. The van der Waals surface area contributed by atoms with Crippen molar-refractivity contribution in [2.24, 2.45) is 0 Å². The highest BCUT2D eigenvalue weighted by atomic mass is 19.2. The number of hydrogen-bond donors (Lipinski definition) is 1. The van der Waals surface area contributed by atoms with Crippen LogP contribution in [0.1, 0.15) is 17.2 Å². The molecular weight excluding hydrogens is 248 g/mol. The van der Waals surface area contributed by atoms with Crippen LogP contribution < -0.4 is 4.90 Å². The molecule has 0 heterocycles. The van der Waals surface area contributed by atoms with Crippen LogP contribution in [0.3, 0.4) is 0 Å². The van der Waals surface area contributed by atoms with Gasteiger partial charge in [-0.05, 0) is 35.4 Å². The standard InChI is InChI=1S/C15H15F2NO/c1-18(2)12-5-3-4-10(8-12)15(19)11-6-7-13(16)14(17)9-11/h3-9,15,19H,1-2H3. The Morgan fingerprint density at radius 1 is 0.947 bits per heavy atom. The average molecular weight is 263 g/mol. The van der Waals surface area contributed by atoms with Crippen molar-refractivity contribution in [3.8, 4) is 0 Å². The van der Waals surface area contributed by atoms with E-state index in [1.165, 1.54) is 6.07 Å². The minimum Gasteiger partial charge on any atom is -0.384 e. The second kappa shape index (κ2) is 5.36. The molecule has 0 saturated heterocycles. The first-order valence-corrected chi connectivity index (χ1v) is 5.89. The number of rotatable bonds is 3. The molecule has 0 spiro atoms. The van der Waals surface area contributed by atoms with Crippen LogP contribution in [0.15, 0.2) is 42.5 Å². The number of halogens is 2. The number of benzene rings is 2. The van der Waals surface area contributed by atoms with E-state index < -0.39 is 17.7 Å². The molecule has 4 heteroatoms. The lowest BCUT2D eigenvalue weighted by molar-refractivity contribution is 0.219. The van der Waals surface area contributed by atoms with E-state index in [4.69, 9.17) is 0 Å². The van der Waals surface area contributed by atoms with E-state index in [-0.39, 0.29) is 0 Å². The molecule has 0 aliphatic rings. The smallest absolute Gasteiger partial charge is 0.159 e. The van der Waals surface area contributed by atoms with Crippen molar-refractivity contribution in [3.05, 3.63) is 65.2 Å². The third kappa shape index (κ3) is 2.90. The number of anilines is 1. The summed E-state index contributed by atoms with van der Waals surface area (Å²) in [6, 6.07) is 10.7. The van der Waals surface area contributed by atoms with Gasteiger partial charge in [0.05, 0.1) is 0 Å². The first-order chi connectivity index (χ1) is 8.99. The molecule has 0 fully saturated rings. The molecule has 0 saturated carbocycles. The van der Waals surface area contributed by atoms with E-state index in [0.29, 0.717) is 11.1 Å². The van der Waals surface area contributed by atoms with Crippen molar-refractivity contribution in [3.63, 3.8) is 0 Å². The van der Waals surface area contributed by atoms with Crippen molar-refractivity contribution in [1.82, 2.24) is 0 Å². The molecule has 2 nitrogen and oxygen atoms in total. The molecule has 0 bridgehead atoms. The van der Waals surface area contributed by atoms with Gasteiger partial charge in [-0.1, -0.05) is 18.2 Å². The van der Waals surface area contributed by atoms with Gasteiger partial charge in [-0.2, -0.15) is 0 Å². The summed E-state index contributed by atoms with van der Waals surface area (Å²) in [4.78, 5) is 1.90. The second-order valence-corrected chi connectivity index (χ2v) is 4.57. The summed E-state index contributed by atoms with van der Waals surface area (Å²) in [5.41, 5.74) is 1.89. The topological polar surface area (TPSA) is 23.5 Å². The quantitative estimate of drug-likeness (QED) is 0.919. The zero-order valence-electron chi connectivity index (χ0n) is 10.8. The fourth-order valence-electron chi connectivity index (χ4n) is 1.85. The van der Waals surface area contributed by atoms with Crippen LogP contribution >= 0.6 is 0 Å². The monoisotopic (exact) mass is 263 g/mol. The van der Waals surface area contributed by atoms with Crippen LogP contribution in [0, 0.1) is 11.6 Å². The summed E-state index contributed by atoms with van der Waals surface area (Å²) in [5, 5.41) is 10.2. The summed E-state index contributed by atoms with van der Waals surface area (Å²) in [7, 11) is 3.78. The Morgan fingerprint density at radius 2 is 1.63 bits per heavy atom. The Labute approximate surface area is 110 Å². The Balaban J connectivity index is 2.35. The van der Waals surface area contributed by atoms with Crippen molar-refractivity contribution >= 4 is 5.69 Å². The molecule has 100 valence electrons. The van der Waals surface area contributed by atoms with E-state index >= 15 is 0 Å². The van der Waals surface area contributed by atoms with E-state index in [2.05, 4.69) is 0 Å². The highest BCUT2D eigenvalue weighted by Crippen LogP contribution is 2.26. The van der Waals surface area contributed by atoms with Gasteiger partial charge in [0, 0.05) is 19.8 Å². The number of aliphatic hydroxyl groups is 1. The van der Waals surface area contributed by atoms with Gasteiger partial charge >= 0.3 is 0 Å². The number of nitrogens with zero attached hydrogens (tertiary/aromatic N) is 1. The average Bonchev–Trinajstić information content (AvgIpc) is 2.41. The van der Waals surface area contributed by atoms with Crippen LogP contribution in [0.25, 0.3) is 0 Å². The van der Waals surface area contributed by atoms with Crippen LogP contribution in [0.2, 0.25) is 0 Å². The molecule has 2 rings (SSSR count). The van der Waals surface area contributed by atoms with E-state index in [0.717, 1.165) is 17.8 Å². The molecule has 0 radical (unpaired) electrons. The minimum absolute atomic E-state index is 0.329. The number of hydrogen-bond acceptors (Lipinski definition) is 2. The Hall–Kier alpha value is -1.94. The van der Waals surface area contributed by atoms with Crippen molar-refractivity contribution in [1.29, 1.82) is 0 Å². The first-order valence-electron chi connectivity index (χ1n) is 5.89. The fourth-order valence-corrected chi connectivity index (χ4v) is 1.85. The maximum absolute atomic E-state index is 13.2. The van der Waals surface area contributed by atoms with Crippen LogP contribution in [0.5, 0.6) is 0 Å². The molecule has 0 aliphatic carbocycles. The molecule has 1 atom stereocenters. The van der Waals surface area contributed by atoms with Gasteiger partial charge in [-0.25, -0.2) is 8.78 Å². The molecule has 0 amide bonds. The lowest BCUT2D eigenvalue weighted by atomic mass is 10.0. The molecule has 1 unspecified atom stereocenters. The predicted molar refractivity (Wildman–Crippen MR) is 71.2 cm³/mol. The third-order valence-corrected chi connectivity index (χ3v) is 2.96. The first kappa shape index (κ1) is 13.5. The maximum Gasteiger partial charge on any atom is 0.159 e. The summed E-state index contributed by atoms with van der Waals surface area (Å²) in [5.74, 6) is -1.88. The van der Waals surface area contributed by atoms with E-state index in [1.54, 1.807) is 6.07 Å². The number of aliphatic hydroxyl groups excluding tert-OH is 1. The van der Waals surface area contributed by atoms with Crippen LogP contribution in [-0.4, -0.2) is 19.2 Å². The Kier molecular flexibility index (Phi) is 3.81. The largest absolute Gasteiger partial charge is 0.384 e. The molecule has 0 aromatic heterocycles. The van der Waals surface area contributed by atoms with Gasteiger partial charge in [-0.15, -0.1) is 0 Å². The van der Waals surface area contributed by atoms with Gasteiger partial charge in [0.1, 0.15) is 6.10 Å². The minimum atomic E-state index is -0.977. The van der Waals surface area contributed by atoms with Crippen LogP contribution in [0.4, 0.5) is 14.5 Å². The molecule has 1 N–H and O–H groups in total. The summed E-state index contributed by atoms with van der Waals surface area (Å²) in [6.45, 7) is 0. The van der Waals surface area contributed by atoms with Gasteiger partial charge in [0.2, 0.25) is 0 Å². The van der Waals surface area contributed by atoms with E-state index in [1.807, 2.05) is 37.2 Å². The normalized spacial score (nSPS) is 12.3. The van der Waals surface area contributed by atoms with Crippen molar-refractivity contribution in [2.45, 2.75) is 6.10 Å². The van der Waals surface area contributed by atoms with Gasteiger partial charge in [0.15, 0.2) is 11.6 Å². The maximum atomic E-state index is 13.2. The van der Waals surface area contributed by atoms with Crippen molar-refractivity contribution in [2.75, 3.05) is 19.0 Å². The Bertz CT molecular complexity index is 584.